The topological polar surface area (TPSA) is 32.8 Å². The number of para-hydroxylation sites is 1. The maximum absolute atomic E-state index is 11.5. The summed E-state index contributed by atoms with van der Waals surface area (Å²) < 4.78 is 4.72. The number of carbonyl (C=O) groups is 1. The van der Waals surface area contributed by atoms with Crippen LogP contribution in [0.3, 0.4) is 0 Å². The Bertz CT molecular complexity index is 695. The van der Waals surface area contributed by atoms with Gasteiger partial charge in [0.2, 0.25) is 0 Å². The summed E-state index contributed by atoms with van der Waals surface area (Å²) in [5.41, 5.74) is 2.90. The second-order valence-electron chi connectivity index (χ2n) is 5.90. The highest BCUT2D eigenvalue weighted by atomic mass is 35.5. The lowest BCUT2D eigenvalue weighted by atomic mass is 10.1. The van der Waals surface area contributed by atoms with E-state index in [4.69, 9.17) is 16.3 Å². The first-order chi connectivity index (χ1) is 11.7. The summed E-state index contributed by atoms with van der Waals surface area (Å²) >= 11 is 6.28. The highest BCUT2D eigenvalue weighted by Crippen LogP contribution is 2.26. The standard InChI is InChI=1S/C19H21ClN2O2/c1-24-19(23)16-8-6-15(7-9-16)14-21-10-12-22(13-11-21)18-5-3-2-4-17(18)20/h2-9H,10-14H2,1H3. The zero-order chi connectivity index (χ0) is 16.9. The number of nitrogens with zero attached hydrogens (tertiary/aromatic N) is 2. The normalized spacial score (nSPS) is 15.3. The van der Waals surface area contributed by atoms with E-state index < -0.39 is 0 Å². The van der Waals surface area contributed by atoms with Gasteiger partial charge in [0.05, 0.1) is 23.4 Å². The van der Waals surface area contributed by atoms with Crippen LogP contribution in [0.4, 0.5) is 5.69 Å². The average molecular weight is 345 g/mol. The Morgan fingerprint density at radius 3 is 2.33 bits per heavy atom. The SMILES string of the molecule is COC(=O)c1ccc(CN2CCN(c3ccccc3Cl)CC2)cc1. The summed E-state index contributed by atoms with van der Waals surface area (Å²) in [6, 6.07) is 15.6. The predicted octanol–water partition coefficient (Wildman–Crippen LogP) is 3.45. The molecule has 2 aromatic carbocycles. The Morgan fingerprint density at radius 2 is 1.71 bits per heavy atom. The molecule has 1 heterocycles. The lowest BCUT2D eigenvalue weighted by Crippen LogP contribution is -2.46. The van der Waals surface area contributed by atoms with Gasteiger partial charge in [-0.2, -0.15) is 0 Å². The van der Waals surface area contributed by atoms with Crippen molar-refractivity contribution >= 4 is 23.3 Å². The number of piperazine rings is 1. The number of hydrogen-bond donors (Lipinski definition) is 0. The molecule has 126 valence electrons. The van der Waals surface area contributed by atoms with Gasteiger partial charge in [-0.3, -0.25) is 4.90 Å². The lowest BCUT2D eigenvalue weighted by molar-refractivity contribution is 0.0600. The van der Waals surface area contributed by atoms with Crippen LogP contribution < -0.4 is 4.90 Å². The summed E-state index contributed by atoms with van der Waals surface area (Å²) in [4.78, 5) is 16.2. The van der Waals surface area contributed by atoms with Gasteiger partial charge in [0, 0.05) is 32.7 Å². The number of rotatable bonds is 4. The van der Waals surface area contributed by atoms with Crippen LogP contribution >= 0.6 is 11.6 Å². The van der Waals surface area contributed by atoms with Gasteiger partial charge in [0.1, 0.15) is 0 Å². The molecular weight excluding hydrogens is 324 g/mol. The van der Waals surface area contributed by atoms with E-state index in [1.54, 1.807) is 0 Å². The molecule has 0 amide bonds. The third-order valence-corrected chi connectivity index (χ3v) is 4.67. The molecule has 1 aliphatic rings. The van der Waals surface area contributed by atoms with Crippen molar-refractivity contribution in [2.75, 3.05) is 38.2 Å². The van der Waals surface area contributed by atoms with E-state index in [-0.39, 0.29) is 5.97 Å². The van der Waals surface area contributed by atoms with Crippen molar-refractivity contribution in [1.29, 1.82) is 0 Å². The van der Waals surface area contributed by atoms with E-state index in [0.29, 0.717) is 5.56 Å². The maximum atomic E-state index is 11.5. The molecule has 0 spiro atoms. The molecule has 0 radical (unpaired) electrons. The highest BCUT2D eigenvalue weighted by molar-refractivity contribution is 6.33. The molecule has 0 aliphatic carbocycles. The molecule has 4 nitrogen and oxygen atoms in total. The van der Waals surface area contributed by atoms with Crippen LogP contribution in [0, 0.1) is 0 Å². The molecule has 5 heteroatoms. The molecule has 1 aliphatic heterocycles. The molecule has 1 saturated heterocycles. The molecular formula is C19H21ClN2O2. The van der Waals surface area contributed by atoms with E-state index in [1.165, 1.54) is 12.7 Å². The number of carbonyl (C=O) groups excluding carboxylic acids is 1. The lowest BCUT2D eigenvalue weighted by Gasteiger charge is -2.36. The number of esters is 1. The van der Waals surface area contributed by atoms with Crippen molar-refractivity contribution in [3.63, 3.8) is 0 Å². The molecule has 1 fully saturated rings. The fourth-order valence-corrected chi connectivity index (χ4v) is 3.23. The van der Waals surface area contributed by atoms with Crippen LogP contribution in [-0.2, 0) is 11.3 Å². The van der Waals surface area contributed by atoms with Gasteiger partial charge in [0.15, 0.2) is 0 Å². The van der Waals surface area contributed by atoms with Crippen molar-refractivity contribution in [1.82, 2.24) is 4.90 Å². The number of benzene rings is 2. The number of hydrogen-bond acceptors (Lipinski definition) is 4. The van der Waals surface area contributed by atoms with Crippen molar-refractivity contribution < 1.29 is 9.53 Å². The van der Waals surface area contributed by atoms with Crippen molar-refractivity contribution in [2.45, 2.75) is 6.54 Å². The van der Waals surface area contributed by atoms with Crippen LogP contribution in [-0.4, -0.2) is 44.2 Å². The minimum atomic E-state index is -0.296. The molecule has 0 bridgehead atoms. The van der Waals surface area contributed by atoms with Crippen molar-refractivity contribution in [3.05, 3.63) is 64.7 Å². The van der Waals surface area contributed by atoms with Crippen LogP contribution in [0.15, 0.2) is 48.5 Å². The minimum Gasteiger partial charge on any atom is -0.465 e. The van der Waals surface area contributed by atoms with Crippen molar-refractivity contribution in [3.8, 4) is 0 Å². The summed E-state index contributed by atoms with van der Waals surface area (Å²) in [7, 11) is 1.40. The number of ether oxygens (including phenoxy) is 1. The summed E-state index contributed by atoms with van der Waals surface area (Å²) in [5, 5.41) is 0.810. The van der Waals surface area contributed by atoms with E-state index >= 15 is 0 Å². The van der Waals surface area contributed by atoms with E-state index in [9.17, 15) is 4.79 Å². The number of anilines is 1. The molecule has 0 atom stereocenters. The Kier molecular flexibility index (Phi) is 5.38. The summed E-state index contributed by atoms with van der Waals surface area (Å²) in [6.45, 7) is 4.79. The zero-order valence-corrected chi connectivity index (χ0v) is 14.5. The second kappa shape index (κ2) is 7.69. The first-order valence-electron chi connectivity index (χ1n) is 8.06. The largest absolute Gasteiger partial charge is 0.465 e. The second-order valence-corrected chi connectivity index (χ2v) is 6.31. The molecule has 24 heavy (non-hydrogen) atoms. The van der Waals surface area contributed by atoms with Crippen LogP contribution in [0.2, 0.25) is 5.02 Å². The van der Waals surface area contributed by atoms with Gasteiger partial charge in [-0.25, -0.2) is 4.79 Å². The average Bonchev–Trinajstić information content (AvgIpc) is 2.63. The van der Waals surface area contributed by atoms with Gasteiger partial charge in [-0.1, -0.05) is 35.9 Å². The third-order valence-electron chi connectivity index (χ3n) is 4.35. The van der Waals surface area contributed by atoms with Crippen molar-refractivity contribution in [2.24, 2.45) is 0 Å². The third kappa shape index (κ3) is 3.89. The maximum Gasteiger partial charge on any atom is 0.337 e. The Hall–Kier alpha value is -2.04. The number of halogens is 1. The first-order valence-corrected chi connectivity index (χ1v) is 8.44. The first kappa shape index (κ1) is 16.8. The molecule has 3 rings (SSSR count). The van der Waals surface area contributed by atoms with Crippen LogP contribution in [0.1, 0.15) is 15.9 Å². The molecule has 0 N–H and O–H groups in total. The van der Waals surface area contributed by atoms with Gasteiger partial charge in [-0.05, 0) is 29.8 Å². The van der Waals surface area contributed by atoms with Gasteiger partial charge in [0.25, 0.3) is 0 Å². The zero-order valence-electron chi connectivity index (χ0n) is 13.7. The predicted molar refractivity (Wildman–Crippen MR) is 96.7 cm³/mol. The molecule has 0 aromatic heterocycles. The van der Waals surface area contributed by atoms with Gasteiger partial charge < -0.3 is 9.64 Å². The minimum absolute atomic E-state index is 0.296. The summed E-state index contributed by atoms with van der Waals surface area (Å²) in [5.74, 6) is -0.296. The number of methoxy groups -OCH3 is 1. The Labute approximate surface area is 147 Å². The molecule has 0 unspecified atom stereocenters. The quantitative estimate of drug-likeness (QED) is 0.795. The Balaban J connectivity index is 1.56. The van der Waals surface area contributed by atoms with E-state index in [0.717, 1.165) is 43.4 Å². The fraction of sp³-hybridized carbons (Fsp3) is 0.316. The monoisotopic (exact) mass is 344 g/mol. The van der Waals surface area contributed by atoms with E-state index in [1.807, 2.05) is 42.5 Å². The smallest absolute Gasteiger partial charge is 0.337 e. The van der Waals surface area contributed by atoms with Crippen LogP contribution in [0.5, 0.6) is 0 Å². The fourth-order valence-electron chi connectivity index (χ4n) is 2.98. The highest BCUT2D eigenvalue weighted by Gasteiger charge is 2.18. The molecule has 0 saturated carbocycles. The summed E-state index contributed by atoms with van der Waals surface area (Å²) in [6.07, 6.45) is 0. The van der Waals surface area contributed by atoms with Gasteiger partial charge >= 0.3 is 5.97 Å². The molecule has 2 aromatic rings. The van der Waals surface area contributed by atoms with Gasteiger partial charge in [-0.15, -0.1) is 0 Å². The van der Waals surface area contributed by atoms with E-state index in [2.05, 4.69) is 15.9 Å². The Morgan fingerprint density at radius 1 is 1.04 bits per heavy atom. The van der Waals surface area contributed by atoms with Crippen LogP contribution in [0.25, 0.3) is 0 Å².